The van der Waals surface area contributed by atoms with Crippen molar-refractivity contribution in [1.29, 1.82) is 0 Å². The van der Waals surface area contributed by atoms with Gasteiger partial charge in [-0.25, -0.2) is 0 Å². The van der Waals surface area contributed by atoms with Gasteiger partial charge in [-0.2, -0.15) is 0 Å². The van der Waals surface area contributed by atoms with Crippen LogP contribution < -0.4 is 4.74 Å². The van der Waals surface area contributed by atoms with Gasteiger partial charge in [-0.3, -0.25) is 0 Å². The third-order valence-corrected chi connectivity index (χ3v) is 3.37. The van der Waals surface area contributed by atoms with Gasteiger partial charge in [0.25, 0.3) is 0 Å². The van der Waals surface area contributed by atoms with Gasteiger partial charge in [-0.05, 0) is 25.0 Å². The van der Waals surface area contributed by atoms with Gasteiger partial charge >= 0.3 is 0 Å². The monoisotopic (exact) mass is 226 g/mol. The molecule has 0 unspecified atom stereocenters. The van der Waals surface area contributed by atoms with E-state index in [2.05, 4.69) is 6.07 Å². The number of hydrogen-bond donors (Lipinski definition) is 1. The summed E-state index contributed by atoms with van der Waals surface area (Å²) in [5.74, 6) is 2.18. The average Bonchev–Trinajstić information content (AvgIpc) is 2.28. The minimum absolute atomic E-state index is 0.240. The molecule has 0 amide bonds. The number of hydrogen-bond acceptors (Lipinski definition) is 3. The highest BCUT2D eigenvalue weighted by atomic mass is 32.2. The summed E-state index contributed by atoms with van der Waals surface area (Å²) < 4.78 is 5.52. The minimum atomic E-state index is 0.240. The number of para-hydroxylation sites is 1. The molecule has 0 aliphatic rings. The molecule has 0 aliphatic heterocycles. The maximum Gasteiger partial charge on any atom is 0.132 e. The van der Waals surface area contributed by atoms with Crippen LogP contribution in [0.4, 0.5) is 0 Å². The number of benzene rings is 1. The maximum absolute atomic E-state index is 8.94. The molecule has 3 heteroatoms. The predicted octanol–water partition coefficient (Wildman–Crippen LogP) is 2.81. The Labute approximate surface area is 95.7 Å². The van der Waals surface area contributed by atoms with Crippen LogP contribution in [-0.4, -0.2) is 24.1 Å². The molecule has 1 atom stereocenters. The second kappa shape index (κ2) is 6.75. The summed E-state index contributed by atoms with van der Waals surface area (Å²) in [6.45, 7) is 4.95. The molecule has 84 valence electrons. The molecular weight excluding hydrogens is 208 g/mol. The average molecular weight is 226 g/mol. The first-order valence-electron chi connectivity index (χ1n) is 5.23. The van der Waals surface area contributed by atoms with Gasteiger partial charge in [0.1, 0.15) is 5.75 Å². The first-order valence-corrected chi connectivity index (χ1v) is 6.22. The van der Waals surface area contributed by atoms with Crippen LogP contribution >= 0.6 is 11.8 Å². The lowest BCUT2D eigenvalue weighted by Gasteiger charge is -2.11. The molecule has 0 bridgehead atoms. The van der Waals surface area contributed by atoms with Crippen LogP contribution in [0.1, 0.15) is 13.8 Å². The Bertz CT molecular complexity index is 289. The van der Waals surface area contributed by atoms with E-state index in [0.717, 1.165) is 16.4 Å². The zero-order valence-electron chi connectivity index (χ0n) is 9.27. The van der Waals surface area contributed by atoms with E-state index in [1.165, 1.54) is 0 Å². The summed E-state index contributed by atoms with van der Waals surface area (Å²) in [7, 11) is 0. The highest BCUT2D eigenvalue weighted by Gasteiger charge is 2.05. The number of rotatable bonds is 6. The van der Waals surface area contributed by atoms with Crippen LogP contribution in [-0.2, 0) is 0 Å². The van der Waals surface area contributed by atoms with Crippen LogP contribution in [0.5, 0.6) is 5.75 Å². The Morgan fingerprint density at radius 1 is 1.40 bits per heavy atom. The number of ether oxygens (including phenoxy) is 1. The van der Waals surface area contributed by atoms with Gasteiger partial charge in [0.05, 0.1) is 6.61 Å². The fraction of sp³-hybridized carbons (Fsp3) is 0.500. The molecule has 2 nitrogen and oxygen atoms in total. The minimum Gasteiger partial charge on any atom is -0.493 e. The maximum atomic E-state index is 8.94. The smallest absolute Gasteiger partial charge is 0.132 e. The largest absolute Gasteiger partial charge is 0.493 e. The quantitative estimate of drug-likeness (QED) is 0.756. The molecule has 0 aromatic heterocycles. The van der Waals surface area contributed by atoms with Gasteiger partial charge in [-0.1, -0.05) is 19.1 Å². The lowest BCUT2D eigenvalue weighted by Crippen LogP contribution is -2.03. The summed E-state index contributed by atoms with van der Waals surface area (Å²) in [6, 6.07) is 8.02. The normalized spacial score (nSPS) is 12.5. The van der Waals surface area contributed by atoms with Crippen molar-refractivity contribution >= 4 is 11.8 Å². The Hall–Kier alpha value is -0.670. The van der Waals surface area contributed by atoms with Crippen molar-refractivity contribution in [3.63, 3.8) is 0 Å². The van der Waals surface area contributed by atoms with Crippen molar-refractivity contribution in [2.24, 2.45) is 5.92 Å². The number of thioether (sulfide) groups is 1. The molecule has 0 spiro atoms. The van der Waals surface area contributed by atoms with Crippen LogP contribution in [0.3, 0.4) is 0 Å². The van der Waals surface area contributed by atoms with E-state index in [4.69, 9.17) is 9.84 Å². The van der Waals surface area contributed by atoms with Gasteiger partial charge < -0.3 is 9.84 Å². The zero-order valence-corrected chi connectivity index (χ0v) is 10.1. The Balaban J connectivity index is 2.58. The molecule has 1 rings (SSSR count). The van der Waals surface area contributed by atoms with E-state index in [1.54, 1.807) is 11.8 Å². The van der Waals surface area contributed by atoms with Crippen molar-refractivity contribution in [2.75, 3.05) is 19.0 Å². The third-order valence-electron chi connectivity index (χ3n) is 1.98. The summed E-state index contributed by atoms with van der Waals surface area (Å²) in [5.41, 5.74) is 0. The molecule has 0 saturated heterocycles. The van der Waals surface area contributed by atoms with E-state index in [0.29, 0.717) is 12.5 Å². The zero-order chi connectivity index (χ0) is 11.1. The van der Waals surface area contributed by atoms with Gasteiger partial charge in [-0.15, -0.1) is 11.8 Å². The Morgan fingerprint density at radius 3 is 2.80 bits per heavy atom. The topological polar surface area (TPSA) is 29.5 Å². The molecule has 0 aliphatic carbocycles. The summed E-state index contributed by atoms with van der Waals surface area (Å²) >= 11 is 1.73. The SMILES string of the molecule is CCOc1ccccc1SC[C@@H](C)CO. The molecule has 0 heterocycles. The molecule has 1 N–H and O–H groups in total. The Kier molecular flexibility index (Phi) is 5.58. The molecule has 1 aromatic rings. The van der Waals surface area contributed by atoms with E-state index in [-0.39, 0.29) is 6.61 Å². The molecule has 0 saturated carbocycles. The lowest BCUT2D eigenvalue weighted by atomic mass is 10.2. The van der Waals surface area contributed by atoms with Crippen LogP contribution in [0.2, 0.25) is 0 Å². The van der Waals surface area contributed by atoms with Gasteiger partial charge in [0.2, 0.25) is 0 Å². The predicted molar refractivity (Wildman–Crippen MR) is 64.6 cm³/mol. The number of aliphatic hydroxyl groups excluding tert-OH is 1. The fourth-order valence-corrected chi connectivity index (χ4v) is 2.14. The standard InChI is InChI=1S/C12H18O2S/c1-3-14-11-6-4-5-7-12(11)15-9-10(2)8-13/h4-7,10,13H,3,8-9H2,1-2H3/t10-/m0/s1. The van der Waals surface area contributed by atoms with Crippen molar-refractivity contribution in [3.8, 4) is 5.75 Å². The fourth-order valence-electron chi connectivity index (χ4n) is 1.13. The molecule has 0 radical (unpaired) electrons. The highest BCUT2D eigenvalue weighted by molar-refractivity contribution is 7.99. The van der Waals surface area contributed by atoms with Crippen molar-refractivity contribution in [3.05, 3.63) is 24.3 Å². The second-order valence-corrected chi connectivity index (χ2v) is 4.54. The Morgan fingerprint density at radius 2 is 2.13 bits per heavy atom. The van der Waals surface area contributed by atoms with Gasteiger partial charge in [0, 0.05) is 17.3 Å². The van der Waals surface area contributed by atoms with Crippen molar-refractivity contribution in [2.45, 2.75) is 18.7 Å². The molecule has 15 heavy (non-hydrogen) atoms. The van der Waals surface area contributed by atoms with Crippen LogP contribution in [0.25, 0.3) is 0 Å². The van der Waals surface area contributed by atoms with Crippen molar-refractivity contribution < 1.29 is 9.84 Å². The number of aliphatic hydroxyl groups is 1. The first-order chi connectivity index (χ1) is 7.27. The molecule has 0 fully saturated rings. The lowest BCUT2D eigenvalue weighted by molar-refractivity contribution is 0.250. The van der Waals surface area contributed by atoms with Gasteiger partial charge in [0.15, 0.2) is 0 Å². The van der Waals surface area contributed by atoms with Crippen molar-refractivity contribution in [1.82, 2.24) is 0 Å². The third kappa shape index (κ3) is 4.14. The molecule has 1 aromatic carbocycles. The summed E-state index contributed by atoms with van der Waals surface area (Å²) in [5, 5.41) is 8.94. The summed E-state index contributed by atoms with van der Waals surface area (Å²) in [6.07, 6.45) is 0. The second-order valence-electron chi connectivity index (χ2n) is 3.48. The van der Waals surface area contributed by atoms with Crippen LogP contribution in [0, 0.1) is 5.92 Å². The first kappa shape index (κ1) is 12.4. The molecular formula is C12H18O2S. The van der Waals surface area contributed by atoms with E-state index in [1.807, 2.05) is 32.0 Å². The summed E-state index contributed by atoms with van der Waals surface area (Å²) in [4.78, 5) is 1.15. The van der Waals surface area contributed by atoms with E-state index < -0.39 is 0 Å². The van der Waals surface area contributed by atoms with E-state index >= 15 is 0 Å². The van der Waals surface area contributed by atoms with E-state index in [9.17, 15) is 0 Å². The van der Waals surface area contributed by atoms with Crippen LogP contribution in [0.15, 0.2) is 29.2 Å². The highest BCUT2D eigenvalue weighted by Crippen LogP contribution is 2.30.